The molecule has 2 aromatic carbocycles. The van der Waals surface area contributed by atoms with Gasteiger partial charge in [-0.05, 0) is 29.9 Å². The summed E-state index contributed by atoms with van der Waals surface area (Å²) in [5, 5.41) is 8.18. The number of furan rings is 1. The van der Waals surface area contributed by atoms with E-state index in [2.05, 4.69) is 24.1 Å². The van der Waals surface area contributed by atoms with Gasteiger partial charge in [-0.2, -0.15) is 5.10 Å². The molecule has 34 heavy (non-hydrogen) atoms. The van der Waals surface area contributed by atoms with Crippen molar-refractivity contribution in [2.75, 3.05) is 0 Å². The molecule has 0 fully saturated rings. The van der Waals surface area contributed by atoms with Crippen molar-refractivity contribution >= 4 is 17.6 Å². The van der Waals surface area contributed by atoms with Crippen LogP contribution in [0.15, 0.2) is 75.3 Å². The Morgan fingerprint density at radius 1 is 0.971 bits per heavy atom. The van der Waals surface area contributed by atoms with E-state index in [1.807, 2.05) is 72.5 Å². The highest BCUT2D eigenvalue weighted by Crippen LogP contribution is 2.39. The van der Waals surface area contributed by atoms with Crippen molar-refractivity contribution < 1.29 is 9.21 Å². The SMILES string of the molecule is Cc1c(C(=O)N(Cc2ccccc2)Cc2ccccc2)oc2c1/C(=N\N=C(N)N)CC(C)(C)C2. The lowest BCUT2D eigenvalue weighted by Crippen LogP contribution is -2.30. The minimum absolute atomic E-state index is 0.0942. The Morgan fingerprint density at radius 2 is 1.53 bits per heavy atom. The average Bonchev–Trinajstić information content (AvgIpc) is 3.12. The van der Waals surface area contributed by atoms with E-state index in [1.54, 1.807) is 0 Å². The van der Waals surface area contributed by atoms with Gasteiger partial charge in [0, 0.05) is 30.6 Å². The van der Waals surface area contributed by atoms with Crippen molar-refractivity contribution in [1.29, 1.82) is 0 Å². The summed E-state index contributed by atoms with van der Waals surface area (Å²) in [5.74, 6) is 0.832. The van der Waals surface area contributed by atoms with Gasteiger partial charge in [-0.1, -0.05) is 74.5 Å². The second-order valence-electron chi connectivity index (χ2n) is 9.58. The maximum Gasteiger partial charge on any atom is 0.290 e. The molecule has 0 atom stereocenters. The smallest absolute Gasteiger partial charge is 0.290 e. The summed E-state index contributed by atoms with van der Waals surface area (Å²) in [5.41, 5.74) is 15.4. The molecule has 4 rings (SSSR count). The van der Waals surface area contributed by atoms with Crippen molar-refractivity contribution in [3.63, 3.8) is 0 Å². The van der Waals surface area contributed by atoms with Gasteiger partial charge in [0.1, 0.15) is 5.76 Å². The summed E-state index contributed by atoms with van der Waals surface area (Å²) in [6.07, 6.45) is 1.39. The number of nitrogens with zero attached hydrogens (tertiary/aromatic N) is 3. The van der Waals surface area contributed by atoms with Crippen molar-refractivity contribution in [1.82, 2.24) is 4.90 Å². The molecule has 0 spiro atoms. The fraction of sp³-hybridized carbons (Fsp3) is 0.296. The van der Waals surface area contributed by atoms with E-state index in [0.29, 0.717) is 31.7 Å². The summed E-state index contributed by atoms with van der Waals surface area (Å²) in [7, 11) is 0. The van der Waals surface area contributed by atoms with E-state index in [1.165, 1.54) is 0 Å². The van der Waals surface area contributed by atoms with E-state index in [9.17, 15) is 4.79 Å². The largest absolute Gasteiger partial charge is 0.455 e. The minimum atomic E-state index is -0.154. The number of guanidine groups is 1. The maximum atomic E-state index is 13.9. The number of benzene rings is 2. The molecule has 7 heteroatoms. The number of fused-ring (bicyclic) bond motifs is 1. The second kappa shape index (κ2) is 9.55. The van der Waals surface area contributed by atoms with Crippen LogP contribution in [0.5, 0.6) is 0 Å². The van der Waals surface area contributed by atoms with Crippen LogP contribution in [0.2, 0.25) is 0 Å². The number of nitrogens with two attached hydrogens (primary N) is 2. The Hall–Kier alpha value is -3.87. The Bertz CT molecular complexity index is 1180. The zero-order chi connectivity index (χ0) is 24.3. The molecule has 1 aliphatic carbocycles. The maximum absolute atomic E-state index is 13.9. The standard InChI is InChI=1S/C27H31N5O2/c1-18-23-21(30-31-26(28)29)14-27(2,3)15-22(23)34-24(18)25(33)32(16-19-10-6-4-7-11-19)17-20-12-8-5-9-13-20/h4-13H,14-17H2,1-3H3,(H4,28,29,31)/b30-21-. The van der Waals surface area contributed by atoms with Gasteiger partial charge in [-0.15, -0.1) is 5.10 Å². The lowest BCUT2D eigenvalue weighted by molar-refractivity contribution is 0.0693. The molecule has 1 aliphatic rings. The van der Waals surface area contributed by atoms with Gasteiger partial charge in [0.05, 0.1) is 5.71 Å². The summed E-state index contributed by atoms with van der Waals surface area (Å²) in [6, 6.07) is 19.9. The highest BCUT2D eigenvalue weighted by molar-refractivity contribution is 6.07. The van der Waals surface area contributed by atoms with Crippen LogP contribution in [0.1, 0.15) is 58.8 Å². The lowest BCUT2D eigenvalue weighted by atomic mass is 9.75. The van der Waals surface area contributed by atoms with Gasteiger partial charge in [0.15, 0.2) is 5.76 Å². The second-order valence-corrected chi connectivity index (χ2v) is 9.58. The molecule has 176 valence electrons. The van der Waals surface area contributed by atoms with Gasteiger partial charge >= 0.3 is 0 Å². The zero-order valence-corrected chi connectivity index (χ0v) is 19.9. The number of amides is 1. The van der Waals surface area contributed by atoms with Crippen LogP contribution < -0.4 is 11.5 Å². The molecule has 0 saturated heterocycles. The normalized spacial score (nSPS) is 15.6. The number of hydrogen-bond donors (Lipinski definition) is 2. The molecule has 0 radical (unpaired) electrons. The van der Waals surface area contributed by atoms with Crippen LogP contribution in [-0.4, -0.2) is 22.5 Å². The number of hydrogen-bond acceptors (Lipinski definition) is 4. The monoisotopic (exact) mass is 457 g/mol. The van der Waals surface area contributed by atoms with Gasteiger partial charge in [0.2, 0.25) is 5.96 Å². The molecule has 0 aliphatic heterocycles. The lowest BCUT2D eigenvalue weighted by Gasteiger charge is -2.29. The summed E-state index contributed by atoms with van der Waals surface area (Å²) in [6.45, 7) is 7.12. The average molecular weight is 458 g/mol. The van der Waals surface area contributed by atoms with Crippen molar-refractivity contribution in [3.8, 4) is 0 Å². The molecule has 3 aromatic rings. The molecule has 0 saturated carbocycles. The van der Waals surface area contributed by atoms with Gasteiger partial charge in [-0.3, -0.25) is 4.79 Å². The first-order valence-electron chi connectivity index (χ1n) is 11.4. The summed E-state index contributed by atoms with van der Waals surface area (Å²) in [4.78, 5) is 15.7. The first-order valence-corrected chi connectivity index (χ1v) is 11.4. The molecule has 7 nitrogen and oxygen atoms in total. The number of rotatable bonds is 6. The van der Waals surface area contributed by atoms with E-state index < -0.39 is 0 Å². The molecular formula is C27H31N5O2. The predicted molar refractivity (Wildman–Crippen MR) is 134 cm³/mol. The van der Waals surface area contributed by atoms with E-state index in [4.69, 9.17) is 15.9 Å². The molecule has 0 bridgehead atoms. The van der Waals surface area contributed by atoms with Crippen LogP contribution in [0, 0.1) is 12.3 Å². The molecule has 1 heterocycles. The van der Waals surface area contributed by atoms with Crippen LogP contribution in [0.25, 0.3) is 0 Å². The van der Waals surface area contributed by atoms with Crippen molar-refractivity contribution in [2.45, 2.75) is 46.7 Å². The fourth-order valence-electron chi connectivity index (χ4n) is 4.47. The van der Waals surface area contributed by atoms with Crippen LogP contribution in [0.4, 0.5) is 0 Å². The Labute approximate surface area is 200 Å². The third-order valence-corrected chi connectivity index (χ3v) is 5.99. The highest BCUT2D eigenvalue weighted by atomic mass is 16.4. The van der Waals surface area contributed by atoms with Gasteiger partial charge in [-0.25, -0.2) is 0 Å². The predicted octanol–water partition coefficient (Wildman–Crippen LogP) is 4.38. The Kier molecular flexibility index (Phi) is 6.54. The van der Waals surface area contributed by atoms with Crippen LogP contribution in [-0.2, 0) is 19.5 Å². The molecule has 1 aromatic heterocycles. The molecule has 4 N–H and O–H groups in total. The zero-order valence-electron chi connectivity index (χ0n) is 19.9. The number of carbonyl (C=O) groups is 1. The van der Waals surface area contributed by atoms with Crippen molar-refractivity contribution in [3.05, 3.63) is 94.4 Å². The third-order valence-electron chi connectivity index (χ3n) is 5.99. The van der Waals surface area contributed by atoms with E-state index in [0.717, 1.165) is 33.7 Å². The minimum Gasteiger partial charge on any atom is -0.455 e. The Balaban J connectivity index is 1.73. The first kappa shape index (κ1) is 23.3. The van der Waals surface area contributed by atoms with Gasteiger partial charge < -0.3 is 20.8 Å². The highest BCUT2D eigenvalue weighted by Gasteiger charge is 2.37. The third kappa shape index (κ3) is 5.20. The number of carbonyl (C=O) groups excluding carboxylic acids is 1. The molecule has 0 unspecified atom stereocenters. The fourth-order valence-corrected chi connectivity index (χ4v) is 4.47. The Morgan fingerprint density at radius 3 is 2.06 bits per heavy atom. The topological polar surface area (TPSA) is 110 Å². The molecular weight excluding hydrogens is 426 g/mol. The molecule has 1 amide bonds. The summed E-state index contributed by atoms with van der Waals surface area (Å²) < 4.78 is 6.24. The quantitative estimate of drug-likeness (QED) is 0.325. The van der Waals surface area contributed by atoms with Gasteiger partial charge in [0.25, 0.3) is 5.91 Å². The first-order chi connectivity index (χ1) is 16.2. The van der Waals surface area contributed by atoms with Crippen LogP contribution >= 0.6 is 0 Å². The van der Waals surface area contributed by atoms with E-state index >= 15 is 0 Å². The van der Waals surface area contributed by atoms with E-state index in [-0.39, 0.29) is 17.3 Å². The van der Waals surface area contributed by atoms with Crippen molar-refractivity contribution in [2.24, 2.45) is 27.1 Å². The summed E-state index contributed by atoms with van der Waals surface area (Å²) >= 11 is 0. The van der Waals surface area contributed by atoms with Crippen LogP contribution in [0.3, 0.4) is 0 Å².